The Labute approximate surface area is 350 Å². The van der Waals surface area contributed by atoms with Gasteiger partial charge in [0.2, 0.25) is 11.8 Å². The Kier molecular flexibility index (Phi) is 13.7. The number of nitrogens with one attached hydrogen (secondary N) is 3. The SMILES string of the molecule is COc1cc(-c2nccc(-c3cccc(Nc4cccc(CNC5CCN(C(C)=O)CC5)c4OC)c3Cl)c2Cl)ccc1CN(C[C@@H]1CCC(=O)N1)C(=O)OC(C)(C)C. The number of para-hydroxylation sites is 1. The second-order valence-corrected chi connectivity index (χ2v) is 16.4. The Hall–Kier alpha value is -5.04. The summed E-state index contributed by atoms with van der Waals surface area (Å²) in [6.07, 6.45) is 4.08. The molecule has 0 saturated carbocycles. The van der Waals surface area contributed by atoms with Crippen LogP contribution in [-0.4, -0.2) is 84.2 Å². The fraction of sp³-hybridized carbons (Fsp3) is 0.409. The van der Waals surface area contributed by atoms with Crippen molar-refractivity contribution in [3.05, 3.63) is 88.0 Å². The van der Waals surface area contributed by atoms with E-state index in [0.29, 0.717) is 81.6 Å². The van der Waals surface area contributed by atoms with Crippen LogP contribution in [0.15, 0.2) is 66.9 Å². The van der Waals surface area contributed by atoms with E-state index in [1.807, 2.05) is 86.3 Å². The molecule has 0 bridgehead atoms. The molecule has 6 rings (SSSR count). The number of anilines is 2. The molecule has 2 saturated heterocycles. The summed E-state index contributed by atoms with van der Waals surface area (Å²) in [6, 6.07) is 19.3. The van der Waals surface area contributed by atoms with E-state index in [9.17, 15) is 14.4 Å². The molecule has 308 valence electrons. The van der Waals surface area contributed by atoms with Crippen molar-refractivity contribution >= 4 is 52.5 Å². The van der Waals surface area contributed by atoms with Crippen LogP contribution in [0.1, 0.15) is 64.5 Å². The number of aromatic nitrogens is 1. The number of methoxy groups -OCH3 is 2. The number of likely N-dealkylation sites (tertiary alicyclic amines) is 1. The zero-order chi connectivity index (χ0) is 41.6. The van der Waals surface area contributed by atoms with Crippen LogP contribution in [0.5, 0.6) is 11.5 Å². The van der Waals surface area contributed by atoms with Gasteiger partial charge < -0.3 is 40.0 Å². The van der Waals surface area contributed by atoms with E-state index in [1.165, 1.54) is 0 Å². The van der Waals surface area contributed by atoms with Crippen LogP contribution in [0.3, 0.4) is 0 Å². The third kappa shape index (κ3) is 10.3. The molecule has 0 spiro atoms. The van der Waals surface area contributed by atoms with E-state index in [-0.39, 0.29) is 24.4 Å². The zero-order valence-corrected chi connectivity index (χ0v) is 35.4. The summed E-state index contributed by atoms with van der Waals surface area (Å²) in [7, 11) is 3.23. The fourth-order valence-electron chi connectivity index (χ4n) is 7.39. The average Bonchev–Trinajstić information content (AvgIpc) is 3.61. The number of carbonyl (C=O) groups excluding carboxylic acids is 3. The third-order valence-corrected chi connectivity index (χ3v) is 11.2. The number of benzene rings is 3. The number of carbonyl (C=O) groups is 3. The maximum Gasteiger partial charge on any atom is 0.410 e. The van der Waals surface area contributed by atoms with Crippen molar-refractivity contribution in [1.82, 2.24) is 25.4 Å². The molecule has 58 heavy (non-hydrogen) atoms. The zero-order valence-electron chi connectivity index (χ0n) is 33.9. The molecule has 3 aromatic carbocycles. The summed E-state index contributed by atoms with van der Waals surface area (Å²) < 4.78 is 17.5. The van der Waals surface area contributed by atoms with Crippen LogP contribution in [0, 0.1) is 0 Å². The average molecular weight is 832 g/mol. The van der Waals surface area contributed by atoms with Crippen LogP contribution in [0.25, 0.3) is 22.4 Å². The molecule has 3 amide bonds. The summed E-state index contributed by atoms with van der Waals surface area (Å²) in [6.45, 7) is 9.70. The number of rotatable bonds is 13. The predicted octanol–water partition coefficient (Wildman–Crippen LogP) is 8.60. The van der Waals surface area contributed by atoms with Crippen molar-refractivity contribution in [2.45, 2.75) is 84.2 Å². The molecule has 12 nitrogen and oxygen atoms in total. The second-order valence-electron chi connectivity index (χ2n) is 15.7. The number of halogens is 2. The van der Waals surface area contributed by atoms with Gasteiger partial charge in [-0.2, -0.15) is 0 Å². The van der Waals surface area contributed by atoms with Crippen molar-refractivity contribution < 1.29 is 28.6 Å². The van der Waals surface area contributed by atoms with Gasteiger partial charge in [-0.05, 0) is 64.3 Å². The summed E-state index contributed by atoms with van der Waals surface area (Å²) >= 11 is 14.3. The van der Waals surface area contributed by atoms with Gasteiger partial charge in [0.05, 0.1) is 47.9 Å². The van der Waals surface area contributed by atoms with E-state index in [0.717, 1.165) is 42.7 Å². The van der Waals surface area contributed by atoms with Crippen LogP contribution in [0.4, 0.5) is 16.2 Å². The number of ether oxygens (including phenoxy) is 3. The first-order valence-corrected chi connectivity index (χ1v) is 20.3. The number of hydrogen-bond acceptors (Lipinski definition) is 9. The van der Waals surface area contributed by atoms with Crippen molar-refractivity contribution in [1.29, 1.82) is 0 Å². The maximum atomic E-state index is 13.3. The highest BCUT2D eigenvalue weighted by atomic mass is 35.5. The highest BCUT2D eigenvalue weighted by Gasteiger charge is 2.29. The molecule has 2 aliphatic heterocycles. The van der Waals surface area contributed by atoms with Gasteiger partial charge in [0, 0.05) is 85.6 Å². The van der Waals surface area contributed by atoms with Gasteiger partial charge in [-0.1, -0.05) is 59.6 Å². The maximum absolute atomic E-state index is 13.3. The van der Waals surface area contributed by atoms with E-state index < -0.39 is 11.7 Å². The Bertz CT molecular complexity index is 2130. The van der Waals surface area contributed by atoms with Gasteiger partial charge in [-0.15, -0.1) is 0 Å². The molecule has 3 heterocycles. The summed E-state index contributed by atoms with van der Waals surface area (Å²) in [5.41, 5.74) is 5.14. The monoisotopic (exact) mass is 830 g/mol. The third-order valence-electron chi connectivity index (χ3n) is 10.4. The van der Waals surface area contributed by atoms with Gasteiger partial charge >= 0.3 is 6.09 Å². The Balaban J connectivity index is 1.21. The second kappa shape index (κ2) is 18.7. The number of amides is 3. The Morgan fingerprint density at radius 1 is 0.931 bits per heavy atom. The summed E-state index contributed by atoms with van der Waals surface area (Å²) in [5.74, 6) is 1.34. The molecular formula is C44H52Cl2N6O6. The molecule has 1 atom stereocenters. The van der Waals surface area contributed by atoms with Gasteiger partial charge in [0.1, 0.15) is 17.1 Å². The Morgan fingerprint density at radius 3 is 2.33 bits per heavy atom. The topological polar surface area (TPSA) is 134 Å². The van der Waals surface area contributed by atoms with E-state index >= 15 is 0 Å². The molecule has 2 fully saturated rings. The van der Waals surface area contributed by atoms with Crippen molar-refractivity contribution in [2.24, 2.45) is 0 Å². The highest BCUT2D eigenvalue weighted by molar-refractivity contribution is 6.39. The number of nitrogens with zero attached hydrogens (tertiary/aromatic N) is 3. The first kappa shape index (κ1) is 42.6. The molecule has 0 unspecified atom stereocenters. The van der Waals surface area contributed by atoms with Gasteiger partial charge in [0.15, 0.2) is 0 Å². The fourth-order valence-corrected chi connectivity index (χ4v) is 7.99. The van der Waals surface area contributed by atoms with Crippen molar-refractivity contribution in [3.63, 3.8) is 0 Å². The van der Waals surface area contributed by atoms with Gasteiger partial charge in [0.25, 0.3) is 0 Å². The lowest BCUT2D eigenvalue weighted by molar-refractivity contribution is -0.130. The predicted molar refractivity (Wildman–Crippen MR) is 228 cm³/mol. The van der Waals surface area contributed by atoms with Gasteiger partial charge in [-0.3, -0.25) is 14.6 Å². The number of hydrogen-bond donors (Lipinski definition) is 3. The van der Waals surface area contributed by atoms with E-state index in [4.69, 9.17) is 37.4 Å². The minimum atomic E-state index is -0.693. The summed E-state index contributed by atoms with van der Waals surface area (Å²) in [5, 5.41) is 10.9. The van der Waals surface area contributed by atoms with Crippen LogP contribution < -0.4 is 25.4 Å². The quantitative estimate of drug-likeness (QED) is 0.121. The van der Waals surface area contributed by atoms with E-state index in [2.05, 4.69) is 20.9 Å². The molecule has 4 aromatic rings. The first-order chi connectivity index (χ1) is 27.7. The lowest BCUT2D eigenvalue weighted by Crippen LogP contribution is -2.43. The minimum Gasteiger partial charge on any atom is -0.496 e. The molecule has 1 aromatic heterocycles. The molecular weight excluding hydrogens is 779 g/mol. The summed E-state index contributed by atoms with van der Waals surface area (Å²) in [4.78, 5) is 45.2. The lowest BCUT2D eigenvalue weighted by Gasteiger charge is -2.32. The van der Waals surface area contributed by atoms with Crippen LogP contribution in [-0.2, 0) is 27.4 Å². The lowest BCUT2D eigenvalue weighted by atomic mass is 10.0. The minimum absolute atomic E-state index is 0.0265. The highest BCUT2D eigenvalue weighted by Crippen LogP contribution is 2.43. The van der Waals surface area contributed by atoms with E-state index in [1.54, 1.807) is 32.2 Å². The number of piperidine rings is 1. The molecule has 0 radical (unpaired) electrons. The van der Waals surface area contributed by atoms with Crippen LogP contribution >= 0.6 is 23.2 Å². The van der Waals surface area contributed by atoms with Crippen molar-refractivity contribution in [3.8, 4) is 33.9 Å². The standard InChI is InChI=1S/C44H52Cl2N6O6/c1-27(53)51-21-18-31(19-22-51)48-24-29-9-7-12-36(42(29)57-6)50-35-11-8-10-33(39(35)45)34-17-20-47-41(40(34)46)28-13-14-30(37(23-28)56-5)25-52(43(55)58-44(2,3)4)26-32-15-16-38(54)49-32/h7-14,17,20,23,31-32,48,50H,15-16,18-19,21-22,24-26H2,1-6H3,(H,49,54)/t32-/m0/s1. The normalized spacial score (nSPS) is 15.8. The molecule has 14 heteroatoms. The number of pyridine rings is 1. The first-order valence-electron chi connectivity index (χ1n) is 19.5. The smallest absolute Gasteiger partial charge is 0.410 e. The molecule has 0 aliphatic carbocycles. The molecule has 2 aliphatic rings. The largest absolute Gasteiger partial charge is 0.496 e. The van der Waals surface area contributed by atoms with Crippen molar-refractivity contribution in [2.75, 3.05) is 39.2 Å². The Morgan fingerprint density at radius 2 is 1.66 bits per heavy atom. The van der Waals surface area contributed by atoms with Gasteiger partial charge in [-0.25, -0.2) is 4.79 Å². The van der Waals surface area contributed by atoms with Crippen LogP contribution in [0.2, 0.25) is 10.0 Å². The molecule has 3 N–H and O–H groups in total.